The van der Waals surface area contributed by atoms with Crippen LogP contribution in [0.25, 0.3) is 0 Å². The number of nitrogens with zero attached hydrogens (tertiary/aromatic N) is 1. The third-order valence-electron chi connectivity index (χ3n) is 5.01. The summed E-state index contributed by atoms with van der Waals surface area (Å²) in [5.41, 5.74) is 4.72. The number of fused-ring (bicyclic) bond motifs is 1. The van der Waals surface area contributed by atoms with Gasteiger partial charge in [0.15, 0.2) is 0 Å². The number of carboxylic acid groups (broad SMARTS) is 1. The van der Waals surface area contributed by atoms with Crippen LogP contribution in [0.4, 0.5) is 0 Å². The average Bonchev–Trinajstić information content (AvgIpc) is 3.04. The maximum atomic E-state index is 12.2. The molecule has 0 aliphatic carbocycles. The number of likely N-dealkylation sites (tertiary alicyclic amines) is 1. The maximum Gasteiger partial charge on any atom is 0.324 e. The summed E-state index contributed by atoms with van der Waals surface area (Å²) in [4.78, 5) is 25.8. The van der Waals surface area contributed by atoms with Gasteiger partial charge in [-0.05, 0) is 19.8 Å². The Morgan fingerprint density at radius 2 is 2.23 bits per heavy atom. The Kier molecular flexibility index (Phi) is 5.47. The minimum Gasteiger partial charge on any atom is -0.480 e. The van der Waals surface area contributed by atoms with E-state index in [-0.39, 0.29) is 17.9 Å². The largest absolute Gasteiger partial charge is 0.480 e. The summed E-state index contributed by atoms with van der Waals surface area (Å²) < 4.78 is 0. The molecule has 0 unspecified atom stereocenters. The zero-order valence-corrected chi connectivity index (χ0v) is 13.0. The number of unbranched alkanes of at least 4 members (excludes halogenated alkanes) is 1. The van der Waals surface area contributed by atoms with Crippen LogP contribution >= 0.6 is 0 Å². The van der Waals surface area contributed by atoms with Gasteiger partial charge in [0.05, 0.1) is 6.04 Å². The normalized spacial score (nSPS) is 31.9. The van der Waals surface area contributed by atoms with Crippen LogP contribution in [-0.2, 0) is 9.59 Å². The Bertz CT molecular complexity index is 434. The summed E-state index contributed by atoms with van der Waals surface area (Å²) in [6.45, 7) is 2.74. The van der Waals surface area contributed by atoms with Gasteiger partial charge in [0.1, 0.15) is 5.54 Å². The van der Waals surface area contributed by atoms with Gasteiger partial charge in [-0.1, -0.05) is 19.2 Å². The second-order valence-corrected chi connectivity index (χ2v) is 6.37. The molecule has 0 aromatic carbocycles. The van der Waals surface area contributed by atoms with Gasteiger partial charge in [0.25, 0.3) is 7.48 Å². The van der Waals surface area contributed by atoms with E-state index in [1.165, 1.54) is 0 Å². The van der Waals surface area contributed by atoms with Gasteiger partial charge in [-0.3, -0.25) is 14.9 Å². The highest BCUT2D eigenvalue weighted by atomic mass is 16.4. The molecule has 123 valence electrons. The first-order chi connectivity index (χ1) is 10.4. The van der Waals surface area contributed by atoms with Crippen LogP contribution in [0.1, 0.15) is 32.6 Å². The van der Waals surface area contributed by atoms with Crippen LogP contribution in [0.3, 0.4) is 0 Å². The average molecular weight is 310 g/mol. The van der Waals surface area contributed by atoms with Crippen molar-refractivity contribution in [2.45, 2.75) is 56.5 Å². The van der Waals surface area contributed by atoms with Crippen molar-refractivity contribution in [3.05, 3.63) is 0 Å². The van der Waals surface area contributed by atoms with E-state index in [0.29, 0.717) is 32.3 Å². The van der Waals surface area contributed by atoms with Crippen LogP contribution < -0.4 is 11.1 Å². The van der Waals surface area contributed by atoms with E-state index in [1.807, 2.05) is 0 Å². The van der Waals surface area contributed by atoms with Gasteiger partial charge in [0, 0.05) is 25.0 Å². The molecule has 7 nitrogen and oxygen atoms in total. The smallest absolute Gasteiger partial charge is 0.324 e. The minimum absolute atomic E-state index is 0.0780. The Morgan fingerprint density at radius 1 is 1.50 bits per heavy atom. The molecule has 2 saturated heterocycles. The van der Waals surface area contributed by atoms with Crippen LogP contribution in [-0.4, -0.2) is 65.1 Å². The molecule has 0 aromatic heterocycles. The third kappa shape index (κ3) is 3.00. The number of carboxylic acids is 1. The molecule has 0 spiro atoms. The van der Waals surface area contributed by atoms with Gasteiger partial charge in [-0.15, -0.1) is 0 Å². The molecule has 0 bridgehead atoms. The number of carbonyl (C=O) groups is 2. The Labute approximate surface area is 131 Å². The van der Waals surface area contributed by atoms with Crippen LogP contribution in [0, 0.1) is 5.92 Å². The molecular weight excluding hydrogens is 285 g/mol. The molecule has 4 atom stereocenters. The van der Waals surface area contributed by atoms with Crippen molar-refractivity contribution in [1.29, 1.82) is 0 Å². The lowest BCUT2D eigenvalue weighted by atomic mass is 9.78. The fraction of sp³-hybridized carbons (Fsp3) is 0.857. The van der Waals surface area contributed by atoms with Crippen LogP contribution in [0.2, 0.25) is 6.32 Å². The van der Waals surface area contributed by atoms with Crippen molar-refractivity contribution < 1.29 is 19.7 Å². The number of carbonyl (C=O) groups excluding carboxylic acids is 1. The predicted octanol–water partition coefficient (Wildman–Crippen LogP) is -0.823. The molecule has 2 aliphatic heterocycles. The lowest BCUT2D eigenvalue weighted by molar-refractivity contribution is -0.146. The SMILES string of the molecule is C[C@@H](N)C(=O)N1CC[C@H]2[C@@H]1CN[C@@]2(CCCC[B]O)C(=O)O. The number of rotatable bonds is 7. The van der Waals surface area contributed by atoms with E-state index in [2.05, 4.69) is 5.32 Å². The highest BCUT2D eigenvalue weighted by Crippen LogP contribution is 2.41. The van der Waals surface area contributed by atoms with Crippen molar-refractivity contribution in [1.82, 2.24) is 10.2 Å². The topological polar surface area (TPSA) is 116 Å². The number of nitrogens with two attached hydrogens (primary N) is 1. The van der Waals surface area contributed by atoms with E-state index < -0.39 is 17.6 Å². The van der Waals surface area contributed by atoms with Gasteiger partial charge in [-0.2, -0.15) is 0 Å². The third-order valence-corrected chi connectivity index (χ3v) is 5.01. The number of hydrogen-bond donors (Lipinski definition) is 4. The van der Waals surface area contributed by atoms with Crippen molar-refractivity contribution in [3.8, 4) is 0 Å². The molecule has 1 amide bonds. The van der Waals surface area contributed by atoms with Gasteiger partial charge in [0.2, 0.25) is 5.91 Å². The molecule has 0 aromatic rings. The van der Waals surface area contributed by atoms with Gasteiger partial charge < -0.3 is 20.8 Å². The van der Waals surface area contributed by atoms with Crippen molar-refractivity contribution >= 4 is 19.4 Å². The zero-order valence-electron chi connectivity index (χ0n) is 13.0. The van der Waals surface area contributed by atoms with E-state index in [1.54, 1.807) is 11.8 Å². The first-order valence-electron chi connectivity index (χ1n) is 7.94. The number of amides is 1. The molecule has 2 fully saturated rings. The molecule has 22 heavy (non-hydrogen) atoms. The van der Waals surface area contributed by atoms with Crippen LogP contribution in [0.5, 0.6) is 0 Å². The fourth-order valence-electron chi connectivity index (χ4n) is 3.89. The predicted molar refractivity (Wildman–Crippen MR) is 82.3 cm³/mol. The Morgan fingerprint density at radius 3 is 2.82 bits per heavy atom. The molecule has 2 rings (SSSR count). The monoisotopic (exact) mass is 310 g/mol. The highest BCUT2D eigenvalue weighted by Gasteiger charge is 2.57. The van der Waals surface area contributed by atoms with Crippen molar-refractivity contribution in [2.75, 3.05) is 13.1 Å². The molecule has 2 heterocycles. The Balaban J connectivity index is 2.08. The Hall–Kier alpha value is -1.12. The van der Waals surface area contributed by atoms with Crippen LogP contribution in [0.15, 0.2) is 0 Å². The molecule has 2 aliphatic rings. The number of aliphatic carboxylic acids is 1. The maximum absolute atomic E-state index is 12.2. The van der Waals surface area contributed by atoms with E-state index >= 15 is 0 Å². The second kappa shape index (κ2) is 6.98. The molecule has 5 N–H and O–H groups in total. The highest BCUT2D eigenvalue weighted by molar-refractivity contribution is 6.25. The van der Waals surface area contributed by atoms with Gasteiger partial charge >= 0.3 is 5.97 Å². The standard InChI is InChI=1S/C14H25BN3O4/c1-9(16)12(19)18-7-4-10-11(18)8-17-14(10,13(20)21)5-2-3-6-15-22/h9-11,17,22H,2-8,16H2,1H3,(H,20,21)/t9-,10+,11+,14-/m1/s1. The first-order valence-corrected chi connectivity index (χ1v) is 7.94. The summed E-state index contributed by atoms with van der Waals surface area (Å²) in [6, 6.07) is -0.641. The first kappa shape index (κ1) is 17.2. The zero-order chi connectivity index (χ0) is 16.3. The van der Waals surface area contributed by atoms with Gasteiger partial charge in [-0.25, -0.2) is 0 Å². The molecule has 8 heteroatoms. The fourth-order valence-corrected chi connectivity index (χ4v) is 3.89. The van der Waals surface area contributed by atoms with E-state index in [4.69, 9.17) is 10.8 Å². The summed E-state index contributed by atoms with van der Waals surface area (Å²) in [5.74, 6) is -1.03. The number of nitrogens with one attached hydrogen (secondary N) is 1. The summed E-state index contributed by atoms with van der Waals surface area (Å²) in [6.07, 6.45) is 3.25. The quantitative estimate of drug-likeness (QED) is 0.361. The number of hydrogen-bond acceptors (Lipinski definition) is 5. The lowest BCUT2D eigenvalue weighted by Gasteiger charge is -2.31. The summed E-state index contributed by atoms with van der Waals surface area (Å²) in [5, 5.41) is 21.6. The summed E-state index contributed by atoms with van der Waals surface area (Å²) in [7, 11) is 1.11. The molecule has 0 saturated carbocycles. The summed E-state index contributed by atoms with van der Waals surface area (Å²) >= 11 is 0. The van der Waals surface area contributed by atoms with E-state index in [0.717, 1.165) is 20.3 Å². The second-order valence-electron chi connectivity index (χ2n) is 6.37. The minimum atomic E-state index is -0.965. The van der Waals surface area contributed by atoms with Crippen molar-refractivity contribution in [3.63, 3.8) is 0 Å². The molecule has 1 radical (unpaired) electrons. The lowest BCUT2D eigenvalue weighted by Crippen LogP contribution is -2.52. The molecular formula is C14H25BN3O4. The van der Waals surface area contributed by atoms with Crippen molar-refractivity contribution in [2.24, 2.45) is 11.7 Å². The van der Waals surface area contributed by atoms with E-state index in [9.17, 15) is 14.7 Å².